The molecule has 1 aliphatic rings. The molecule has 0 heterocycles. The van der Waals surface area contributed by atoms with Gasteiger partial charge in [0.25, 0.3) is 0 Å². The molecular formula is C16H24N2O3. The Hall–Kier alpha value is -1.78. The fourth-order valence-electron chi connectivity index (χ4n) is 3.18. The fourth-order valence-corrected chi connectivity index (χ4v) is 3.18. The molecule has 5 heteroatoms. The molecule has 116 valence electrons. The quantitative estimate of drug-likeness (QED) is 0.629. The van der Waals surface area contributed by atoms with Crippen molar-refractivity contribution in [1.82, 2.24) is 0 Å². The number of hydrogen-bond donors (Lipinski definition) is 1. The summed E-state index contributed by atoms with van der Waals surface area (Å²) >= 11 is 0. The van der Waals surface area contributed by atoms with Crippen LogP contribution in [0.15, 0.2) is 18.2 Å². The Morgan fingerprint density at radius 2 is 2.24 bits per heavy atom. The van der Waals surface area contributed by atoms with Gasteiger partial charge in [0, 0.05) is 24.4 Å². The molecule has 1 saturated carbocycles. The minimum absolute atomic E-state index is 0.00385. The highest BCUT2D eigenvalue weighted by Gasteiger charge is 2.18. The van der Waals surface area contributed by atoms with E-state index in [0.29, 0.717) is 5.75 Å². The molecular weight excluding hydrogens is 268 g/mol. The zero-order valence-corrected chi connectivity index (χ0v) is 12.8. The largest absolute Gasteiger partial charge is 0.490 e. The van der Waals surface area contributed by atoms with Gasteiger partial charge in [0.05, 0.1) is 12.0 Å². The third kappa shape index (κ3) is 4.34. The third-order valence-corrected chi connectivity index (χ3v) is 4.30. The Morgan fingerprint density at radius 3 is 2.90 bits per heavy atom. The van der Waals surface area contributed by atoms with E-state index in [4.69, 9.17) is 4.74 Å². The number of methoxy groups -OCH3 is 1. The van der Waals surface area contributed by atoms with Crippen molar-refractivity contribution in [2.24, 2.45) is 11.8 Å². The summed E-state index contributed by atoms with van der Waals surface area (Å²) in [5.74, 6) is 1.96. The van der Waals surface area contributed by atoms with Gasteiger partial charge in [0.2, 0.25) is 0 Å². The molecule has 0 aromatic heterocycles. The zero-order chi connectivity index (χ0) is 15.2. The van der Waals surface area contributed by atoms with Crippen molar-refractivity contribution in [3.63, 3.8) is 0 Å². The second-order valence-corrected chi connectivity index (χ2v) is 6.00. The van der Waals surface area contributed by atoms with Crippen molar-refractivity contribution < 1.29 is 9.66 Å². The number of nitrogens with zero attached hydrogens (tertiary/aromatic N) is 1. The molecule has 1 fully saturated rings. The average Bonchev–Trinajstić information content (AvgIpc) is 2.47. The highest BCUT2D eigenvalue weighted by molar-refractivity contribution is 5.57. The molecule has 0 aliphatic heterocycles. The van der Waals surface area contributed by atoms with Crippen LogP contribution in [0, 0.1) is 22.0 Å². The predicted octanol–water partition coefficient (Wildman–Crippen LogP) is 4.23. The van der Waals surface area contributed by atoms with Crippen LogP contribution < -0.4 is 10.1 Å². The van der Waals surface area contributed by atoms with Crippen LogP contribution in [0.25, 0.3) is 0 Å². The van der Waals surface area contributed by atoms with Gasteiger partial charge in [0.1, 0.15) is 0 Å². The molecule has 1 aromatic rings. The number of benzene rings is 1. The number of hydrogen-bond acceptors (Lipinski definition) is 4. The monoisotopic (exact) mass is 292 g/mol. The number of nitrogens with one attached hydrogen (secondary N) is 1. The number of anilines is 1. The average molecular weight is 292 g/mol. The molecule has 0 radical (unpaired) electrons. The van der Waals surface area contributed by atoms with Gasteiger partial charge in [-0.1, -0.05) is 26.2 Å². The first-order chi connectivity index (χ1) is 10.1. The topological polar surface area (TPSA) is 64.4 Å². The van der Waals surface area contributed by atoms with Crippen molar-refractivity contribution in [3.8, 4) is 5.75 Å². The summed E-state index contributed by atoms with van der Waals surface area (Å²) in [7, 11) is 1.45. The van der Waals surface area contributed by atoms with Crippen molar-refractivity contribution in [1.29, 1.82) is 0 Å². The molecule has 1 aromatic carbocycles. The number of nitro benzene ring substituents is 1. The Labute approximate surface area is 125 Å². The summed E-state index contributed by atoms with van der Waals surface area (Å²) in [6, 6.07) is 4.93. The first-order valence-electron chi connectivity index (χ1n) is 7.66. The first kappa shape index (κ1) is 15.6. The molecule has 0 amide bonds. The van der Waals surface area contributed by atoms with Gasteiger partial charge in [-0.3, -0.25) is 10.1 Å². The van der Waals surface area contributed by atoms with Crippen molar-refractivity contribution in [2.45, 2.75) is 39.0 Å². The van der Waals surface area contributed by atoms with Gasteiger partial charge in [-0.05, 0) is 30.7 Å². The molecule has 2 unspecified atom stereocenters. The van der Waals surface area contributed by atoms with E-state index in [-0.39, 0.29) is 5.69 Å². The normalized spacial score (nSPS) is 21.8. The van der Waals surface area contributed by atoms with Crippen LogP contribution in [0.3, 0.4) is 0 Å². The van der Waals surface area contributed by atoms with Gasteiger partial charge in [-0.15, -0.1) is 0 Å². The van der Waals surface area contributed by atoms with Crippen molar-refractivity contribution in [2.75, 3.05) is 19.0 Å². The molecule has 5 nitrogen and oxygen atoms in total. The highest BCUT2D eigenvalue weighted by atomic mass is 16.6. The van der Waals surface area contributed by atoms with Gasteiger partial charge >= 0.3 is 5.69 Å². The molecule has 1 aliphatic carbocycles. The minimum atomic E-state index is -0.425. The zero-order valence-electron chi connectivity index (χ0n) is 12.8. The maximum atomic E-state index is 10.8. The Kier molecular flexibility index (Phi) is 5.42. The maximum Gasteiger partial charge on any atom is 0.311 e. The second kappa shape index (κ2) is 7.29. The lowest BCUT2D eigenvalue weighted by Crippen LogP contribution is -2.16. The number of nitro groups is 1. The Morgan fingerprint density at radius 1 is 1.43 bits per heavy atom. The SMILES string of the molecule is COc1cc(NCCC2CCCC(C)C2)ccc1[N+](=O)[O-]. The molecule has 2 rings (SSSR count). The van der Waals surface area contributed by atoms with E-state index in [1.54, 1.807) is 12.1 Å². The summed E-state index contributed by atoms with van der Waals surface area (Å²) in [5.41, 5.74) is 0.880. The fraction of sp³-hybridized carbons (Fsp3) is 0.625. The van der Waals surface area contributed by atoms with Crippen molar-refractivity contribution >= 4 is 11.4 Å². The predicted molar refractivity (Wildman–Crippen MR) is 83.9 cm³/mol. The van der Waals surface area contributed by atoms with Gasteiger partial charge in [-0.2, -0.15) is 0 Å². The smallest absolute Gasteiger partial charge is 0.311 e. The summed E-state index contributed by atoms with van der Waals surface area (Å²) < 4.78 is 5.08. The molecule has 0 bridgehead atoms. The molecule has 2 atom stereocenters. The molecule has 21 heavy (non-hydrogen) atoms. The van der Waals surface area contributed by atoms with E-state index in [0.717, 1.165) is 30.5 Å². The van der Waals surface area contributed by atoms with Crippen LogP contribution >= 0.6 is 0 Å². The summed E-state index contributed by atoms with van der Waals surface area (Å²) in [6.07, 6.45) is 6.52. The summed E-state index contributed by atoms with van der Waals surface area (Å²) in [5, 5.41) is 14.2. The van der Waals surface area contributed by atoms with E-state index in [1.165, 1.54) is 38.9 Å². The summed E-state index contributed by atoms with van der Waals surface area (Å²) in [6.45, 7) is 3.24. The van der Waals surface area contributed by atoms with E-state index in [9.17, 15) is 10.1 Å². The van der Waals surface area contributed by atoms with E-state index < -0.39 is 4.92 Å². The lowest BCUT2D eigenvalue weighted by Gasteiger charge is -2.26. The van der Waals surface area contributed by atoms with E-state index in [2.05, 4.69) is 12.2 Å². The molecule has 0 spiro atoms. The lowest BCUT2D eigenvalue weighted by molar-refractivity contribution is -0.385. The summed E-state index contributed by atoms with van der Waals surface area (Å²) in [4.78, 5) is 10.4. The van der Waals surface area contributed by atoms with E-state index >= 15 is 0 Å². The Bertz CT molecular complexity index is 490. The number of ether oxygens (including phenoxy) is 1. The highest BCUT2D eigenvalue weighted by Crippen LogP contribution is 2.32. The lowest BCUT2D eigenvalue weighted by atomic mass is 9.81. The first-order valence-corrected chi connectivity index (χ1v) is 7.66. The second-order valence-electron chi connectivity index (χ2n) is 6.00. The third-order valence-electron chi connectivity index (χ3n) is 4.30. The van der Waals surface area contributed by atoms with Crippen LogP contribution in [0.2, 0.25) is 0 Å². The van der Waals surface area contributed by atoms with Crippen LogP contribution in [0.5, 0.6) is 5.75 Å². The van der Waals surface area contributed by atoms with Crippen LogP contribution in [-0.4, -0.2) is 18.6 Å². The van der Waals surface area contributed by atoms with Crippen molar-refractivity contribution in [3.05, 3.63) is 28.3 Å². The van der Waals surface area contributed by atoms with E-state index in [1.807, 2.05) is 0 Å². The van der Waals surface area contributed by atoms with Crippen LogP contribution in [0.4, 0.5) is 11.4 Å². The minimum Gasteiger partial charge on any atom is -0.490 e. The Balaban J connectivity index is 1.87. The maximum absolute atomic E-state index is 10.8. The molecule has 0 saturated heterocycles. The van der Waals surface area contributed by atoms with Crippen LogP contribution in [0.1, 0.15) is 39.0 Å². The van der Waals surface area contributed by atoms with Gasteiger partial charge < -0.3 is 10.1 Å². The van der Waals surface area contributed by atoms with Crippen LogP contribution in [-0.2, 0) is 0 Å². The number of rotatable bonds is 6. The standard InChI is InChI=1S/C16H24N2O3/c1-12-4-3-5-13(10-12)8-9-17-14-6-7-15(18(19)20)16(11-14)21-2/h6-7,11-13,17H,3-5,8-10H2,1-2H3. The van der Waals surface area contributed by atoms with Gasteiger partial charge in [0.15, 0.2) is 5.75 Å². The van der Waals surface area contributed by atoms with Gasteiger partial charge in [-0.25, -0.2) is 0 Å². The molecule has 1 N–H and O–H groups in total.